The minimum absolute atomic E-state index is 0.515. The van der Waals surface area contributed by atoms with Gasteiger partial charge in [-0.3, -0.25) is 0 Å². The molecule has 0 saturated heterocycles. The lowest BCUT2D eigenvalue weighted by Crippen LogP contribution is -2.15. The number of unbranched alkanes of at least 4 members (excludes halogenated alkanes) is 6. The lowest BCUT2D eigenvalue weighted by Gasteiger charge is -2.09. The highest BCUT2D eigenvalue weighted by Crippen LogP contribution is 2.02. The first kappa shape index (κ1) is 48.1. The third-order valence-electron chi connectivity index (χ3n) is 6.44. The van der Waals surface area contributed by atoms with E-state index in [4.69, 9.17) is 80.0 Å². The molecule has 0 N–H and O–H groups in total. The van der Waals surface area contributed by atoms with Crippen LogP contribution < -0.4 is 0 Å². The Morgan fingerprint density at radius 1 is 0.167 bits per heavy atom. The monoisotopic (exact) mass is 738 g/mol. The van der Waals surface area contributed by atoms with Crippen molar-refractivity contribution < 1.29 is 56.8 Å². The van der Waals surface area contributed by atoms with E-state index in [2.05, 4.69) is 0 Å². The van der Waals surface area contributed by atoms with Crippen molar-refractivity contribution in [1.82, 2.24) is 0 Å². The van der Waals surface area contributed by atoms with E-state index in [0.29, 0.717) is 145 Å². The van der Waals surface area contributed by atoms with E-state index in [1.54, 1.807) is 0 Å². The SMILES string of the molecule is ClCCCCCCOCCOCCOCCOCCOCCOCCOCCOCCOCCOCCOCCOCCCCCCCl. The molecule has 14 heteroatoms. The first-order chi connectivity index (χ1) is 23.9. The lowest BCUT2D eigenvalue weighted by atomic mass is 10.2. The molecule has 0 rings (SSSR count). The summed E-state index contributed by atoms with van der Waals surface area (Å²) in [5.41, 5.74) is 0. The fourth-order valence-electron chi connectivity index (χ4n) is 3.83. The van der Waals surface area contributed by atoms with Crippen LogP contribution in [0.1, 0.15) is 51.4 Å². The molecule has 0 saturated carbocycles. The van der Waals surface area contributed by atoms with Crippen LogP contribution in [0.25, 0.3) is 0 Å². The van der Waals surface area contributed by atoms with E-state index in [-0.39, 0.29) is 0 Å². The van der Waals surface area contributed by atoms with Crippen molar-refractivity contribution in [3.8, 4) is 0 Å². The number of halogens is 2. The maximum atomic E-state index is 5.65. The fourth-order valence-corrected chi connectivity index (χ4v) is 4.20. The number of ether oxygens (including phenoxy) is 12. The summed E-state index contributed by atoms with van der Waals surface area (Å²) in [6.07, 6.45) is 9.00. The minimum atomic E-state index is 0.515. The topological polar surface area (TPSA) is 111 Å². The molecule has 0 aromatic carbocycles. The Morgan fingerprint density at radius 2 is 0.312 bits per heavy atom. The summed E-state index contributed by atoms with van der Waals surface area (Å²) in [7, 11) is 0. The molecule has 0 aromatic heterocycles. The number of hydrogen-bond donors (Lipinski definition) is 0. The van der Waals surface area contributed by atoms with Gasteiger partial charge in [-0.2, -0.15) is 0 Å². The van der Waals surface area contributed by atoms with Gasteiger partial charge in [-0.25, -0.2) is 0 Å². The van der Waals surface area contributed by atoms with Crippen LogP contribution in [0, 0.1) is 0 Å². The maximum absolute atomic E-state index is 5.65. The van der Waals surface area contributed by atoms with E-state index in [1.807, 2.05) is 0 Å². The van der Waals surface area contributed by atoms with Gasteiger partial charge in [-0.1, -0.05) is 25.7 Å². The van der Waals surface area contributed by atoms with Crippen molar-refractivity contribution in [3.05, 3.63) is 0 Å². The van der Waals surface area contributed by atoms with Crippen LogP contribution in [0.15, 0.2) is 0 Å². The van der Waals surface area contributed by atoms with Gasteiger partial charge in [0.15, 0.2) is 0 Å². The molecule has 0 fully saturated rings. The second-order valence-corrected chi connectivity index (χ2v) is 11.3. The van der Waals surface area contributed by atoms with E-state index in [0.717, 1.165) is 50.7 Å². The first-order valence-electron chi connectivity index (χ1n) is 18.0. The Labute approximate surface area is 301 Å². The van der Waals surface area contributed by atoms with E-state index in [9.17, 15) is 0 Å². The smallest absolute Gasteiger partial charge is 0.0701 e. The molecule has 0 radical (unpaired) electrons. The van der Waals surface area contributed by atoms with Gasteiger partial charge in [0.25, 0.3) is 0 Å². The van der Waals surface area contributed by atoms with Gasteiger partial charge >= 0.3 is 0 Å². The third-order valence-corrected chi connectivity index (χ3v) is 6.97. The van der Waals surface area contributed by atoms with Crippen LogP contribution in [0.4, 0.5) is 0 Å². The predicted octanol–water partition coefficient (Wildman–Crippen LogP) is 4.78. The van der Waals surface area contributed by atoms with Gasteiger partial charge in [0.2, 0.25) is 0 Å². The molecule has 290 valence electrons. The molecule has 0 amide bonds. The van der Waals surface area contributed by atoms with Gasteiger partial charge in [-0.05, 0) is 25.7 Å². The predicted molar refractivity (Wildman–Crippen MR) is 188 cm³/mol. The van der Waals surface area contributed by atoms with Crippen LogP contribution in [-0.4, -0.2) is 170 Å². The Morgan fingerprint density at radius 3 is 0.479 bits per heavy atom. The van der Waals surface area contributed by atoms with Crippen molar-refractivity contribution in [2.24, 2.45) is 0 Å². The molecule has 0 atom stereocenters. The molecule has 0 spiro atoms. The molecule has 0 bridgehead atoms. The molecule has 0 unspecified atom stereocenters. The van der Waals surface area contributed by atoms with E-state index in [1.165, 1.54) is 25.7 Å². The summed E-state index contributed by atoms with van der Waals surface area (Å²) >= 11 is 11.3. The molecular weight excluding hydrogens is 671 g/mol. The molecule has 0 aliphatic carbocycles. The molecular formula is C34H68Cl2O12. The molecule has 48 heavy (non-hydrogen) atoms. The van der Waals surface area contributed by atoms with Gasteiger partial charge in [0, 0.05) is 25.0 Å². The summed E-state index contributed by atoms with van der Waals surface area (Å²) in [4.78, 5) is 0. The van der Waals surface area contributed by atoms with Gasteiger partial charge in [0.05, 0.1) is 145 Å². The van der Waals surface area contributed by atoms with Crippen LogP contribution >= 0.6 is 23.2 Å². The highest BCUT2D eigenvalue weighted by atomic mass is 35.5. The molecule has 0 aromatic rings. The minimum Gasteiger partial charge on any atom is -0.379 e. The largest absolute Gasteiger partial charge is 0.379 e. The molecule has 0 heterocycles. The first-order valence-corrected chi connectivity index (χ1v) is 19.0. The van der Waals surface area contributed by atoms with Crippen molar-refractivity contribution in [2.45, 2.75) is 51.4 Å². The Balaban J connectivity index is 3.04. The quantitative estimate of drug-likeness (QED) is 0.0634. The van der Waals surface area contributed by atoms with Crippen LogP contribution in [0.2, 0.25) is 0 Å². The summed E-state index contributed by atoms with van der Waals surface area (Å²) in [6.45, 7) is 13.5. The fraction of sp³-hybridized carbons (Fsp3) is 1.00. The maximum Gasteiger partial charge on any atom is 0.0701 e. The third kappa shape index (κ3) is 46.1. The highest BCUT2D eigenvalue weighted by molar-refractivity contribution is 6.18. The summed E-state index contributed by atoms with van der Waals surface area (Å²) in [6, 6.07) is 0. The average molecular weight is 740 g/mol. The second kappa shape index (κ2) is 47.1. The standard InChI is InChI=1S/C34H68Cl2O12/c35-9-5-1-3-7-11-37-13-15-39-17-19-41-21-23-43-25-27-45-29-31-47-33-34-48-32-30-46-28-26-44-24-22-42-20-18-40-16-14-38-12-8-4-2-6-10-36/h1-34H2. The average Bonchev–Trinajstić information content (AvgIpc) is 3.10. The lowest BCUT2D eigenvalue weighted by molar-refractivity contribution is -0.0284. The second-order valence-electron chi connectivity index (χ2n) is 10.6. The van der Waals surface area contributed by atoms with Gasteiger partial charge in [0.1, 0.15) is 0 Å². The molecule has 0 aliphatic heterocycles. The summed E-state index contributed by atoms with van der Waals surface area (Å²) in [5.74, 6) is 1.49. The van der Waals surface area contributed by atoms with Crippen LogP contribution in [0.3, 0.4) is 0 Å². The molecule has 12 nitrogen and oxygen atoms in total. The van der Waals surface area contributed by atoms with Crippen molar-refractivity contribution in [3.63, 3.8) is 0 Å². The normalized spacial score (nSPS) is 11.6. The zero-order valence-electron chi connectivity index (χ0n) is 29.7. The number of hydrogen-bond acceptors (Lipinski definition) is 12. The van der Waals surface area contributed by atoms with Crippen molar-refractivity contribution in [1.29, 1.82) is 0 Å². The molecule has 0 aliphatic rings. The Bertz CT molecular complexity index is 512. The number of alkyl halides is 2. The highest BCUT2D eigenvalue weighted by Gasteiger charge is 1.97. The Kier molecular flexibility index (Phi) is 47.2. The Hall–Kier alpha value is 0.1000. The van der Waals surface area contributed by atoms with Gasteiger partial charge in [-0.15, -0.1) is 23.2 Å². The summed E-state index contributed by atoms with van der Waals surface area (Å²) < 4.78 is 65.9. The zero-order chi connectivity index (χ0) is 34.5. The van der Waals surface area contributed by atoms with Crippen LogP contribution in [-0.2, 0) is 56.8 Å². The van der Waals surface area contributed by atoms with E-state index < -0.39 is 0 Å². The summed E-state index contributed by atoms with van der Waals surface area (Å²) in [5, 5.41) is 0. The van der Waals surface area contributed by atoms with Crippen molar-refractivity contribution >= 4 is 23.2 Å². The van der Waals surface area contributed by atoms with Crippen LogP contribution in [0.5, 0.6) is 0 Å². The van der Waals surface area contributed by atoms with Crippen molar-refractivity contribution in [2.75, 3.05) is 170 Å². The number of rotatable bonds is 45. The van der Waals surface area contributed by atoms with E-state index >= 15 is 0 Å². The van der Waals surface area contributed by atoms with Gasteiger partial charge < -0.3 is 56.8 Å². The zero-order valence-corrected chi connectivity index (χ0v) is 31.2.